The van der Waals surface area contributed by atoms with Gasteiger partial charge >= 0.3 is 0 Å². The Morgan fingerprint density at radius 2 is 1.95 bits per heavy atom. The Morgan fingerprint density at radius 1 is 1.29 bits per heavy atom. The second kappa shape index (κ2) is 4.99. The molecule has 1 aliphatic heterocycles. The van der Waals surface area contributed by atoms with Crippen molar-refractivity contribution >= 4 is 17.3 Å². The quantitative estimate of drug-likeness (QED) is 0.799. The van der Waals surface area contributed by atoms with E-state index in [1.54, 1.807) is 13.2 Å². The van der Waals surface area contributed by atoms with E-state index in [9.17, 15) is 4.79 Å². The van der Waals surface area contributed by atoms with Crippen LogP contribution in [0.5, 0.6) is 0 Å². The molecule has 21 heavy (non-hydrogen) atoms. The van der Waals surface area contributed by atoms with Gasteiger partial charge in [-0.1, -0.05) is 24.4 Å². The summed E-state index contributed by atoms with van der Waals surface area (Å²) in [6.07, 6.45) is 6.23. The number of aromatic nitrogens is 2. The Labute approximate surface area is 129 Å². The predicted molar refractivity (Wildman–Crippen MR) is 83.1 cm³/mol. The molecular formula is C15H22ClN3O2. The highest BCUT2D eigenvalue weighted by Gasteiger charge is 2.46. The summed E-state index contributed by atoms with van der Waals surface area (Å²) < 4.78 is 7.65. The van der Waals surface area contributed by atoms with E-state index >= 15 is 0 Å². The summed E-state index contributed by atoms with van der Waals surface area (Å²) >= 11 is 6.26. The molecule has 0 radical (unpaired) electrons. The fourth-order valence-electron chi connectivity index (χ4n) is 3.69. The van der Waals surface area contributed by atoms with Crippen molar-refractivity contribution in [2.75, 3.05) is 18.0 Å². The summed E-state index contributed by atoms with van der Waals surface area (Å²) in [4.78, 5) is 14.2. The van der Waals surface area contributed by atoms with Crippen LogP contribution in [0.25, 0.3) is 0 Å². The second-order valence-electron chi connectivity index (χ2n) is 6.88. The minimum Gasteiger partial charge on any atom is -0.365 e. The Hall–Kier alpha value is -1.07. The first kappa shape index (κ1) is 14.9. The Balaban J connectivity index is 1.98. The third-order valence-corrected chi connectivity index (χ3v) is 4.81. The minimum atomic E-state index is -0.257. The van der Waals surface area contributed by atoms with Gasteiger partial charge in [-0.2, -0.15) is 5.10 Å². The second-order valence-corrected chi connectivity index (χ2v) is 7.26. The molecule has 5 nitrogen and oxygen atoms in total. The first-order valence-electron chi connectivity index (χ1n) is 7.49. The molecule has 0 unspecified atom stereocenters. The van der Waals surface area contributed by atoms with Gasteiger partial charge in [0.05, 0.1) is 23.1 Å². The largest absolute Gasteiger partial charge is 0.365 e. The van der Waals surface area contributed by atoms with Crippen molar-refractivity contribution in [3.8, 4) is 0 Å². The highest BCUT2D eigenvalue weighted by atomic mass is 35.5. The lowest BCUT2D eigenvalue weighted by Crippen LogP contribution is -2.59. The van der Waals surface area contributed by atoms with Crippen LogP contribution >= 0.6 is 11.6 Å². The molecule has 1 spiro atoms. The van der Waals surface area contributed by atoms with E-state index < -0.39 is 0 Å². The molecule has 0 atom stereocenters. The van der Waals surface area contributed by atoms with Crippen molar-refractivity contribution in [2.45, 2.75) is 50.7 Å². The van der Waals surface area contributed by atoms with E-state index in [1.165, 1.54) is 17.5 Å². The number of morpholine rings is 1. The van der Waals surface area contributed by atoms with Crippen LogP contribution < -0.4 is 10.5 Å². The van der Waals surface area contributed by atoms with Gasteiger partial charge in [-0.3, -0.25) is 4.79 Å². The molecular weight excluding hydrogens is 290 g/mol. The molecule has 1 aromatic rings. The highest BCUT2D eigenvalue weighted by Crippen LogP contribution is 2.42. The number of hydrogen-bond donors (Lipinski definition) is 0. The van der Waals surface area contributed by atoms with E-state index in [0.29, 0.717) is 6.54 Å². The van der Waals surface area contributed by atoms with Gasteiger partial charge in [0.1, 0.15) is 5.02 Å². The summed E-state index contributed by atoms with van der Waals surface area (Å²) in [5, 5.41) is 4.36. The van der Waals surface area contributed by atoms with Gasteiger partial charge in [0.25, 0.3) is 5.56 Å². The Bertz CT molecular complexity index is 605. The molecule has 1 saturated heterocycles. The van der Waals surface area contributed by atoms with E-state index in [4.69, 9.17) is 16.3 Å². The number of ether oxygens (including phenoxy) is 1. The summed E-state index contributed by atoms with van der Waals surface area (Å²) in [6, 6.07) is 0. The fourth-order valence-corrected chi connectivity index (χ4v) is 3.98. The van der Waals surface area contributed by atoms with Crippen molar-refractivity contribution in [3.05, 3.63) is 21.6 Å². The summed E-state index contributed by atoms with van der Waals surface area (Å²) in [5.41, 5.74) is 0.112. The average molecular weight is 312 g/mol. The van der Waals surface area contributed by atoms with Crippen LogP contribution in [-0.2, 0) is 11.8 Å². The maximum atomic E-state index is 12.0. The standard InChI is InChI=1S/C15H22ClN3O2/c1-14(2)9-19(10-15(21-14)6-4-5-7-15)11-8-17-18(3)13(20)12(11)16/h8H,4-7,9-10H2,1-3H3. The van der Waals surface area contributed by atoms with Crippen LogP contribution in [0.2, 0.25) is 5.02 Å². The topological polar surface area (TPSA) is 47.4 Å². The predicted octanol–water partition coefficient (Wildman–Crippen LogP) is 2.36. The molecule has 1 saturated carbocycles. The van der Waals surface area contributed by atoms with Crippen LogP contribution in [0.3, 0.4) is 0 Å². The number of rotatable bonds is 1. The molecule has 0 aromatic carbocycles. The van der Waals surface area contributed by atoms with Crippen LogP contribution in [0, 0.1) is 0 Å². The lowest BCUT2D eigenvalue weighted by molar-refractivity contribution is -0.148. The van der Waals surface area contributed by atoms with Crippen LogP contribution in [0.4, 0.5) is 5.69 Å². The third kappa shape index (κ3) is 2.69. The summed E-state index contributed by atoms with van der Waals surface area (Å²) in [5.74, 6) is 0. The zero-order chi connectivity index (χ0) is 15.3. The zero-order valence-corrected chi connectivity index (χ0v) is 13.6. The molecule has 3 rings (SSSR count). The smallest absolute Gasteiger partial charge is 0.287 e. The number of halogens is 1. The van der Waals surface area contributed by atoms with Crippen LogP contribution in [-0.4, -0.2) is 34.1 Å². The minimum absolute atomic E-state index is 0.105. The molecule has 0 N–H and O–H groups in total. The van der Waals surface area contributed by atoms with Gasteiger partial charge in [0.15, 0.2) is 0 Å². The molecule has 0 amide bonds. The van der Waals surface area contributed by atoms with E-state index in [-0.39, 0.29) is 21.8 Å². The first-order valence-corrected chi connectivity index (χ1v) is 7.87. The average Bonchev–Trinajstić information content (AvgIpc) is 2.81. The molecule has 2 heterocycles. The fraction of sp³-hybridized carbons (Fsp3) is 0.733. The van der Waals surface area contributed by atoms with Gasteiger partial charge in [0, 0.05) is 20.1 Å². The number of aryl methyl sites for hydroxylation is 1. The molecule has 0 bridgehead atoms. The van der Waals surface area contributed by atoms with Gasteiger partial charge < -0.3 is 9.64 Å². The molecule has 6 heteroatoms. The third-order valence-electron chi connectivity index (χ3n) is 4.46. The maximum absolute atomic E-state index is 12.0. The van der Waals surface area contributed by atoms with Gasteiger partial charge in [-0.05, 0) is 26.7 Å². The molecule has 2 fully saturated rings. The van der Waals surface area contributed by atoms with Crippen molar-refractivity contribution < 1.29 is 4.74 Å². The Morgan fingerprint density at radius 3 is 2.62 bits per heavy atom. The van der Waals surface area contributed by atoms with Crippen molar-refractivity contribution in [1.82, 2.24) is 9.78 Å². The normalized spacial score (nSPS) is 23.7. The first-order chi connectivity index (χ1) is 9.82. The van der Waals surface area contributed by atoms with E-state index in [0.717, 1.165) is 25.1 Å². The monoisotopic (exact) mass is 311 g/mol. The zero-order valence-electron chi connectivity index (χ0n) is 12.9. The molecule has 2 aliphatic rings. The van der Waals surface area contributed by atoms with Gasteiger partial charge in [-0.15, -0.1) is 0 Å². The number of anilines is 1. The Kier molecular flexibility index (Phi) is 3.53. The number of nitrogens with zero attached hydrogens (tertiary/aromatic N) is 3. The van der Waals surface area contributed by atoms with E-state index in [1.807, 2.05) is 0 Å². The summed E-state index contributed by atoms with van der Waals surface area (Å²) in [6.45, 7) is 5.69. The van der Waals surface area contributed by atoms with Crippen LogP contribution in [0.15, 0.2) is 11.0 Å². The lowest BCUT2D eigenvalue weighted by atomic mass is 9.94. The molecule has 1 aromatic heterocycles. The number of hydrogen-bond acceptors (Lipinski definition) is 4. The highest BCUT2D eigenvalue weighted by molar-refractivity contribution is 6.33. The van der Waals surface area contributed by atoms with Crippen molar-refractivity contribution in [3.63, 3.8) is 0 Å². The lowest BCUT2D eigenvalue weighted by Gasteiger charge is -2.49. The van der Waals surface area contributed by atoms with Crippen molar-refractivity contribution in [2.24, 2.45) is 7.05 Å². The van der Waals surface area contributed by atoms with E-state index in [2.05, 4.69) is 23.8 Å². The van der Waals surface area contributed by atoms with Crippen molar-refractivity contribution in [1.29, 1.82) is 0 Å². The maximum Gasteiger partial charge on any atom is 0.287 e. The summed E-state index contributed by atoms with van der Waals surface area (Å²) in [7, 11) is 1.61. The van der Waals surface area contributed by atoms with Crippen LogP contribution in [0.1, 0.15) is 39.5 Å². The molecule has 116 valence electrons. The van der Waals surface area contributed by atoms with Gasteiger partial charge in [0.2, 0.25) is 0 Å². The SMILES string of the molecule is Cn1ncc(N2CC(C)(C)OC3(CCCC3)C2)c(Cl)c1=O. The molecule has 1 aliphatic carbocycles. The van der Waals surface area contributed by atoms with Gasteiger partial charge in [-0.25, -0.2) is 4.68 Å².